The number of aromatic nitrogens is 3. The number of carbonyl (C=O) groups is 1. The van der Waals surface area contributed by atoms with Crippen LogP contribution < -0.4 is 10.1 Å². The second-order valence-electron chi connectivity index (χ2n) is 6.10. The van der Waals surface area contributed by atoms with E-state index >= 15 is 0 Å². The molecule has 7 nitrogen and oxygen atoms in total. The molecule has 0 fully saturated rings. The number of nitrogens with zero attached hydrogens (tertiary/aromatic N) is 3. The van der Waals surface area contributed by atoms with Gasteiger partial charge in [-0.2, -0.15) is 5.10 Å². The monoisotopic (exact) mass is 362 g/mol. The fourth-order valence-corrected chi connectivity index (χ4v) is 3.06. The average Bonchev–Trinajstić information content (AvgIpc) is 3.29. The molecule has 0 saturated heterocycles. The van der Waals surface area contributed by atoms with Gasteiger partial charge in [0.05, 0.1) is 19.2 Å². The Labute approximate surface area is 155 Å². The van der Waals surface area contributed by atoms with Crippen molar-refractivity contribution in [3.8, 4) is 5.75 Å². The Morgan fingerprint density at radius 2 is 2.11 bits per heavy atom. The van der Waals surface area contributed by atoms with Gasteiger partial charge in [0.1, 0.15) is 29.7 Å². The minimum Gasteiger partial charge on any atom is -0.497 e. The van der Waals surface area contributed by atoms with Gasteiger partial charge in [0.25, 0.3) is 5.91 Å². The van der Waals surface area contributed by atoms with Crippen molar-refractivity contribution in [2.75, 3.05) is 12.4 Å². The molecule has 2 heterocycles. The van der Waals surface area contributed by atoms with Gasteiger partial charge in [-0.3, -0.25) is 4.79 Å². The van der Waals surface area contributed by atoms with Crippen LogP contribution in [0.15, 0.2) is 59.5 Å². The summed E-state index contributed by atoms with van der Waals surface area (Å²) in [7, 11) is 1.59. The smallest absolute Gasteiger partial charge is 0.259 e. The number of amides is 1. The minimum atomic E-state index is -0.231. The lowest BCUT2D eigenvalue weighted by atomic mass is 10.1. The molecule has 4 rings (SSSR count). The van der Waals surface area contributed by atoms with Crippen LogP contribution in [0, 0.1) is 6.92 Å². The van der Waals surface area contributed by atoms with Crippen molar-refractivity contribution in [2.24, 2.45) is 0 Å². The lowest BCUT2D eigenvalue weighted by Crippen LogP contribution is -2.15. The molecule has 0 radical (unpaired) electrons. The highest BCUT2D eigenvalue weighted by molar-refractivity contribution is 6.13. The van der Waals surface area contributed by atoms with Crippen LogP contribution in [0.5, 0.6) is 5.75 Å². The zero-order valence-electron chi connectivity index (χ0n) is 15.0. The minimum absolute atomic E-state index is 0.231. The van der Waals surface area contributed by atoms with Crippen LogP contribution >= 0.6 is 0 Å². The predicted molar refractivity (Wildman–Crippen MR) is 101 cm³/mol. The molecule has 0 atom stereocenters. The van der Waals surface area contributed by atoms with Crippen LogP contribution in [0.3, 0.4) is 0 Å². The van der Waals surface area contributed by atoms with Crippen LogP contribution in [-0.4, -0.2) is 27.8 Å². The van der Waals surface area contributed by atoms with E-state index in [9.17, 15) is 4.79 Å². The Bertz CT molecular complexity index is 1100. The number of nitrogens with one attached hydrogen (secondary N) is 1. The van der Waals surface area contributed by atoms with Gasteiger partial charge in [0, 0.05) is 11.1 Å². The summed E-state index contributed by atoms with van der Waals surface area (Å²) in [4.78, 5) is 17.0. The van der Waals surface area contributed by atoms with Crippen molar-refractivity contribution in [2.45, 2.75) is 13.5 Å². The molecule has 136 valence electrons. The number of rotatable bonds is 5. The van der Waals surface area contributed by atoms with Crippen molar-refractivity contribution >= 4 is 22.6 Å². The van der Waals surface area contributed by atoms with Gasteiger partial charge in [-0.1, -0.05) is 18.2 Å². The summed E-state index contributed by atoms with van der Waals surface area (Å²) < 4.78 is 12.7. The van der Waals surface area contributed by atoms with E-state index in [1.807, 2.05) is 30.3 Å². The second kappa shape index (κ2) is 6.95. The highest BCUT2D eigenvalue weighted by Gasteiger charge is 2.20. The molecular weight excluding hydrogens is 344 g/mol. The summed E-state index contributed by atoms with van der Waals surface area (Å²) >= 11 is 0. The quantitative estimate of drug-likeness (QED) is 0.586. The molecule has 1 N–H and O–H groups in total. The summed E-state index contributed by atoms with van der Waals surface area (Å²) in [6.07, 6.45) is 3.12. The molecule has 0 aliphatic carbocycles. The van der Waals surface area contributed by atoms with Crippen LogP contribution in [-0.2, 0) is 6.54 Å². The molecule has 4 aromatic rings. The maximum Gasteiger partial charge on any atom is 0.259 e. The van der Waals surface area contributed by atoms with Crippen molar-refractivity contribution in [3.63, 3.8) is 0 Å². The Kier molecular flexibility index (Phi) is 4.33. The van der Waals surface area contributed by atoms with E-state index in [-0.39, 0.29) is 5.91 Å². The fraction of sp³-hybridized carbons (Fsp3) is 0.150. The molecule has 0 bridgehead atoms. The van der Waals surface area contributed by atoms with Crippen LogP contribution in [0.1, 0.15) is 21.7 Å². The number of hydrogen-bond acceptors (Lipinski definition) is 5. The number of furan rings is 1. The first kappa shape index (κ1) is 16.8. The molecule has 2 aromatic carbocycles. The van der Waals surface area contributed by atoms with Crippen molar-refractivity contribution in [1.29, 1.82) is 0 Å². The molecule has 0 spiro atoms. The molecule has 7 heteroatoms. The Morgan fingerprint density at radius 3 is 2.89 bits per heavy atom. The highest BCUT2D eigenvalue weighted by atomic mass is 16.5. The number of para-hydroxylation sites is 1. The Balaban J connectivity index is 1.67. The molecule has 2 aromatic heterocycles. The molecule has 0 aliphatic heterocycles. The topological polar surface area (TPSA) is 82.2 Å². The third kappa shape index (κ3) is 3.27. The van der Waals surface area contributed by atoms with Gasteiger partial charge < -0.3 is 14.5 Å². The zero-order valence-corrected chi connectivity index (χ0v) is 15.0. The maximum atomic E-state index is 13.0. The van der Waals surface area contributed by atoms with Crippen LogP contribution in [0.4, 0.5) is 5.69 Å². The third-order valence-electron chi connectivity index (χ3n) is 4.36. The first-order chi connectivity index (χ1) is 13.2. The summed E-state index contributed by atoms with van der Waals surface area (Å²) in [6, 6.07) is 13.0. The van der Waals surface area contributed by atoms with Gasteiger partial charge in [-0.05, 0) is 36.8 Å². The van der Waals surface area contributed by atoms with Gasteiger partial charge in [0.15, 0.2) is 0 Å². The largest absolute Gasteiger partial charge is 0.497 e. The van der Waals surface area contributed by atoms with E-state index in [0.717, 1.165) is 16.6 Å². The number of carbonyl (C=O) groups excluding carboxylic acids is 1. The molecule has 0 unspecified atom stereocenters. The van der Waals surface area contributed by atoms with Crippen LogP contribution in [0.2, 0.25) is 0 Å². The van der Waals surface area contributed by atoms with E-state index < -0.39 is 0 Å². The van der Waals surface area contributed by atoms with E-state index in [0.29, 0.717) is 29.2 Å². The maximum absolute atomic E-state index is 13.0. The number of ether oxygens (including phenoxy) is 1. The van der Waals surface area contributed by atoms with E-state index in [1.165, 1.54) is 6.33 Å². The molecular formula is C20H18N4O3. The first-order valence-electron chi connectivity index (χ1n) is 8.44. The number of aryl methyl sites for hydroxylation is 1. The summed E-state index contributed by atoms with van der Waals surface area (Å²) in [6.45, 7) is 2.29. The molecule has 27 heavy (non-hydrogen) atoms. The highest BCUT2D eigenvalue weighted by Crippen LogP contribution is 2.30. The third-order valence-corrected chi connectivity index (χ3v) is 4.36. The molecule has 0 saturated carbocycles. The zero-order chi connectivity index (χ0) is 18.8. The van der Waals surface area contributed by atoms with Gasteiger partial charge >= 0.3 is 0 Å². The van der Waals surface area contributed by atoms with Crippen molar-refractivity contribution in [3.05, 3.63) is 72.0 Å². The predicted octanol–water partition coefficient (Wildman–Crippen LogP) is 3.64. The number of benzene rings is 2. The van der Waals surface area contributed by atoms with E-state index in [4.69, 9.17) is 9.15 Å². The van der Waals surface area contributed by atoms with Crippen molar-refractivity contribution < 1.29 is 13.9 Å². The lowest BCUT2D eigenvalue weighted by molar-refractivity contribution is 0.102. The number of methoxy groups -OCH3 is 1. The fourth-order valence-electron chi connectivity index (χ4n) is 3.06. The van der Waals surface area contributed by atoms with Gasteiger partial charge in [0.2, 0.25) is 0 Å². The van der Waals surface area contributed by atoms with Gasteiger partial charge in [-0.25, -0.2) is 9.67 Å². The molecule has 0 aliphatic rings. The molecule has 1 amide bonds. The number of anilines is 1. The number of fused-ring (bicyclic) bond motifs is 1. The Hall–Kier alpha value is -3.61. The average molecular weight is 362 g/mol. The van der Waals surface area contributed by atoms with Crippen LogP contribution in [0.25, 0.3) is 11.0 Å². The Morgan fingerprint density at radius 1 is 1.26 bits per heavy atom. The lowest BCUT2D eigenvalue weighted by Gasteiger charge is -2.11. The SMILES string of the molecule is COc1ccc2oc(C)c(C(=O)Nc3ccccc3Cn3cncn3)c2c1. The normalized spacial score (nSPS) is 10.9. The van der Waals surface area contributed by atoms with Gasteiger partial charge in [-0.15, -0.1) is 0 Å². The number of hydrogen-bond donors (Lipinski definition) is 1. The first-order valence-corrected chi connectivity index (χ1v) is 8.44. The summed E-state index contributed by atoms with van der Waals surface area (Å²) in [5.41, 5.74) is 2.79. The second-order valence-corrected chi connectivity index (χ2v) is 6.10. The standard InChI is InChI=1S/C20H18N4O3/c1-13-19(16-9-15(26-2)7-8-18(16)27-13)20(25)23-17-6-4-3-5-14(17)10-24-12-21-11-22-24/h3-9,11-12H,10H2,1-2H3,(H,23,25). The summed E-state index contributed by atoms with van der Waals surface area (Å²) in [5.74, 6) is 0.999. The van der Waals surface area contributed by atoms with E-state index in [2.05, 4.69) is 15.4 Å². The van der Waals surface area contributed by atoms with E-state index in [1.54, 1.807) is 37.2 Å². The summed E-state index contributed by atoms with van der Waals surface area (Å²) in [5, 5.41) is 7.83. The van der Waals surface area contributed by atoms with Crippen molar-refractivity contribution in [1.82, 2.24) is 14.8 Å².